The summed E-state index contributed by atoms with van der Waals surface area (Å²) < 4.78 is 0. The van der Waals surface area contributed by atoms with Crippen LogP contribution in [0, 0.1) is 6.92 Å². The van der Waals surface area contributed by atoms with Crippen molar-refractivity contribution in [1.29, 1.82) is 0 Å². The molecule has 0 atom stereocenters. The summed E-state index contributed by atoms with van der Waals surface area (Å²) >= 11 is 0. The van der Waals surface area contributed by atoms with Crippen LogP contribution in [0.4, 0.5) is 5.69 Å². The lowest BCUT2D eigenvalue weighted by Crippen LogP contribution is -2.07. The van der Waals surface area contributed by atoms with Crippen molar-refractivity contribution < 1.29 is 0 Å². The molecule has 1 heteroatoms. The van der Waals surface area contributed by atoms with E-state index in [-0.39, 0.29) is 0 Å². The Hall–Kier alpha value is -2.80. The molecule has 0 amide bonds. The molecule has 0 radical (unpaired) electrons. The van der Waals surface area contributed by atoms with Crippen molar-refractivity contribution in [2.75, 3.05) is 19.0 Å². The zero-order valence-electron chi connectivity index (χ0n) is 16.2. The Morgan fingerprint density at radius 1 is 0.846 bits per heavy atom. The summed E-state index contributed by atoms with van der Waals surface area (Å²) in [5.74, 6) is 0. The van der Waals surface area contributed by atoms with Gasteiger partial charge in [0, 0.05) is 19.8 Å². The number of hydrogen-bond acceptors (Lipinski definition) is 1. The number of rotatable bonds is 5. The molecule has 0 unspecified atom stereocenters. The molecule has 3 aromatic rings. The molecule has 0 bridgehead atoms. The maximum Gasteiger partial charge on any atom is 0.0361 e. The number of hydrogen-bond donors (Lipinski definition) is 0. The molecule has 3 aromatic carbocycles. The lowest BCUT2D eigenvalue weighted by atomic mass is 9.92. The Morgan fingerprint density at radius 2 is 1.54 bits per heavy atom. The third-order valence-electron chi connectivity index (χ3n) is 4.82. The van der Waals surface area contributed by atoms with Crippen LogP contribution in [-0.2, 0) is 6.42 Å². The van der Waals surface area contributed by atoms with Crippen LogP contribution >= 0.6 is 0 Å². The number of anilines is 1. The molecule has 0 aromatic heterocycles. The van der Waals surface area contributed by atoms with Crippen molar-refractivity contribution in [2.45, 2.75) is 20.3 Å². The van der Waals surface area contributed by atoms with Gasteiger partial charge in [-0.1, -0.05) is 67.6 Å². The maximum atomic E-state index is 2.33. The third-order valence-corrected chi connectivity index (χ3v) is 4.82. The van der Waals surface area contributed by atoms with Crippen molar-refractivity contribution in [3.05, 3.63) is 89.0 Å². The van der Waals surface area contributed by atoms with Gasteiger partial charge >= 0.3 is 0 Å². The zero-order valence-corrected chi connectivity index (χ0v) is 16.2. The fourth-order valence-corrected chi connectivity index (χ4v) is 3.21. The fourth-order valence-electron chi connectivity index (χ4n) is 3.21. The highest BCUT2D eigenvalue weighted by molar-refractivity contribution is 5.77. The minimum absolute atomic E-state index is 1.04. The average Bonchev–Trinajstić information content (AvgIpc) is 2.67. The normalized spacial score (nSPS) is 11.1. The molecule has 0 fully saturated rings. The van der Waals surface area contributed by atoms with Gasteiger partial charge in [0.2, 0.25) is 0 Å². The second-order valence-electron chi connectivity index (χ2n) is 6.90. The molecule has 0 aliphatic rings. The van der Waals surface area contributed by atoms with E-state index in [2.05, 4.69) is 112 Å². The molecule has 0 heterocycles. The van der Waals surface area contributed by atoms with E-state index in [9.17, 15) is 0 Å². The Balaban J connectivity index is 1.94. The Bertz CT molecular complexity index is 887. The Morgan fingerprint density at radius 3 is 2.15 bits per heavy atom. The summed E-state index contributed by atoms with van der Waals surface area (Å²) in [6, 6.07) is 24.0. The van der Waals surface area contributed by atoms with E-state index in [0.29, 0.717) is 0 Å². The largest absolute Gasteiger partial charge is 0.378 e. The third kappa shape index (κ3) is 4.05. The molecule has 0 spiro atoms. The van der Waals surface area contributed by atoms with Gasteiger partial charge in [-0.3, -0.25) is 0 Å². The summed E-state index contributed by atoms with van der Waals surface area (Å²) in [5.41, 5.74) is 9.06. The predicted molar refractivity (Wildman–Crippen MR) is 116 cm³/mol. The van der Waals surface area contributed by atoms with Gasteiger partial charge in [-0.25, -0.2) is 0 Å². The molecule has 1 nitrogen and oxygen atoms in total. The molecular weight excluding hydrogens is 314 g/mol. The molecule has 132 valence electrons. The monoisotopic (exact) mass is 341 g/mol. The van der Waals surface area contributed by atoms with Gasteiger partial charge in [-0.2, -0.15) is 0 Å². The summed E-state index contributed by atoms with van der Waals surface area (Å²) in [5, 5.41) is 0. The van der Waals surface area contributed by atoms with E-state index in [4.69, 9.17) is 0 Å². The SMILES string of the molecule is CCc1cc(C)c(/C=C/c2ccc(N(C)C)cc2)cc1-c1ccccc1. The van der Waals surface area contributed by atoms with Crippen LogP contribution in [0.1, 0.15) is 29.2 Å². The van der Waals surface area contributed by atoms with E-state index < -0.39 is 0 Å². The van der Waals surface area contributed by atoms with E-state index >= 15 is 0 Å². The first-order chi connectivity index (χ1) is 12.6. The van der Waals surface area contributed by atoms with Gasteiger partial charge in [0.1, 0.15) is 0 Å². The zero-order chi connectivity index (χ0) is 18.5. The molecule has 0 aliphatic carbocycles. The fraction of sp³-hybridized carbons (Fsp3) is 0.200. The lowest BCUT2D eigenvalue weighted by molar-refractivity contribution is 1.13. The predicted octanol–water partition coefficient (Wildman–Crippen LogP) is 6.46. The van der Waals surface area contributed by atoms with Crippen molar-refractivity contribution >= 4 is 17.8 Å². The van der Waals surface area contributed by atoms with Crippen molar-refractivity contribution in [3.63, 3.8) is 0 Å². The van der Waals surface area contributed by atoms with E-state index in [1.54, 1.807) is 0 Å². The Kier molecular flexibility index (Phi) is 5.58. The molecule has 0 saturated carbocycles. The molecular formula is C25H27N. The Labute approximate surface area is 157 Å². The lowest BCUT2D eigenvalue weighted by Gasteiger charge is -2.13. The second kappa shape index (κ2) is 8.05. The first-order valence-corrected chi connectivity index (χ1v) is 9.23. The minimum atomic E-state index is 1.04. The molecule has 0 aliphatic heterocycles. The van der Waals surface area contributed by atoms with Crippen LogP contribution in [0.5, 0.6) is 0 Å². The average molecular weight is 341 g/mol. The first kappa shape index (κ1) is 18.0. The highest BCUT2D eigenvalue weighted by atomic mass is 15.1. The quantitative estimate of drug-likeness (QED) is 0.481. The highest BCUT2D eigenvalue weighted by Crippen LogP contribution is 2.28. The van der Waals surface area contributed by atoms with Gasteiger partial charge in [0.15, 0.2) is 0 Å². The van der Waals surface area contributed by atoms with Gasteiger partial charge < -0.3 is 4.90 Å². The molecule has 3 rings (SSSR count). The number of benzene rings is 3. The van der Waals surface area contributed by atoms with Gasteiger partial charge in [0.05, 0.1) is 0 Å². The van der Waals surface area contributed by atoms with Crippen molar-refractivity contribution in [1.82, 2.24) is 0 Å². The standard InChI is InChI=1S/C25H27N/c1-5-21-17-19(2)23(18-25(21)22-9-7-6-8-10-22)14-11-20-12-15-24(16-13-20)26(3)4/h6-18H,5H2,1-4H3/b14-11+. The topological polar surface area (TPSA) is 3.24 Å². The molecule has 0 N–H and O–H groups in total. The van der Waals surface area contributed by atoms with Crippen LogP contribution in [-0.4, -0.2) is 14.1 Å². The van der Waals surface area contributed by atoms with Crippen molar-refractivity contribution in [3.8, 4) is 11.1 Å². The van der Waals surface area contributed by atoms with Gasteiger partial charge in [0.25, 0.3) is 0 Å². The summed E-state index contributed by atoms with van der Waals surface area (Å²) in [7, 11) is 4.13. The number of aryl methyl sites for hydroxylation is 2. The molecule has 0 saturated heterocycles. The van der Waals surface area contributed by atoms with Crippen LogP contribution in [0.15, 0.2) is 66.7 Å². The summed E-state index contributed by atoms with van der Waals surface area (Å²) in [6.07, 6.45) is 5.47. The van der Waals surface area contributed by atoms with Crippen LogP contribution < -0.4 is 4.90 Å². The van der Waals surface area contributed by atoms with Crippen LogP contribution in [0.2, 0.25) is 0 Å². The maximum absolute atomic E-state index is 2.33. The van der Waals surface area contributed by atoms with E-state index in [0.717, 1.165) is 6.42 Å². The summed E-state index contributed by atoms with van der Waals surface area (Å²) in [6.45, 7) is 4.42. The van der Waals surface area contributed by atoms with Gasteiger partial charge in [-0.05, 0) is 64.9 Å². The summed E-state index contributed by atoms with van der Waals surface area (Å²) in [4.78, 5) is 2.12. The van der Waals surface area contributed by atoms with Gasteiger partial charge in [-0.15, -0.1) is 0 Å². The smallest absolute Gasteiger partial charge is 0.0361 e. The van der Waals surface area contributed by atoms with E-state index in [1.165, 1.54) is 39.1 Å². The van der Waals surface area contributed by atoms with Crippen LogP contribution in [0.3, 0.4) is 0 Å². The first-order valence-electron chi connectivity index (χ1n) is 9.23. The second-order valence-corrected chi connectivity index (χ2v) is 6.90. The molecule has 26 heavy (non-hydrogen) atoms. The minimum Gasteiger partial charge on any atom is -0.378 e. The van der Waals surface area contributed by atoms with E-state index in [1.807, 2.05) is 0 Å². The number of nitrogens with zero attached hydrogens (tertiary/aromatic N) is 1. The van der Waals surface area contributed by atoms with Crippen molar-refractivity contribution in [2.24, 2.45) is 0 Å². The van der Waals surface area contributed by atoms with Crippen LogP contribution in [0.25, 0.3) is 23.3 Å². The highest BCUT2D eigenvalue weighted by Gasteiger charge is 2.07.